The first-order valence-corrected chi connectivity index (χ1v) is 8.63. The predicted molar refractivity (Wildman–Crippen MR) is 103 cm³/mol. The number of benzene rings is 2. The SMILES string of the molecule is Clc1ccccc1-c1noc2c(-c3cncnc3-n3ccnc3)cccc12. The van der Waals surface area contributed by atoms with Gasteiger partial charge in [-0.1, -0.05) is 47.1 Å². The number of rotatable bonds is 3. The van der Waals surface area contributed by atoms with Crippen LogP contribution in [0.15, 0.2) is 78.2 Å². The molecule has 6 nitrogen and oxygen atoms in total. The summed E-state index contributed by atoms with van der Waals surface area (Å²) in [5, 5.41) is 5.79. The van der Waals surface area contributed by atoms with Crippen LogP contribution >= 0.6 is 11.6 Å². The van der Waals surface area contributed by atoms with Crippen LogP contribution in [-0.2, 0) is 0 Å². The lowest BCUT2D eigenvalue weighted by atomic mass is 10.0. The van der Waals surface area contributed by atoms with Gasteiger partial charge < -0.3 is 4.52 Å². The second kappa shape index (κ2) is 6.34. The van der Waals surface area contributed by atoms with Gasteiger partial charge in [0.2, 0.25) is 0 Å². The van der Waals surface area contributed by atoms with Crippen LogP contribution in [0.2, 0.25) is 5.02 Å². The van der Waals surface area contributed by atoms with E-state index in [1.807, 2.05) is 53.2 Å². The Morgan fingerprint density at radius 1 is 0.926 bits per heavy atom. The Morgan fingerprint density at radius 3 is 2.67 bits per heavy atom. The number of imidazole rings is 1. The number of nitrogens with zero attached hydrogens (tertiary/aromatic N) is 5. The molecule has 3 aromatic heterocycles. The molecule has 0 radical (unpaired) electrons. The zero-order chi connectivity index (χ0) is 18.2. The lowest BCUT2D eigenvalue weighted by Crippen LogP contribution is -1.98. The minimum atomic E-state index is 0.625. The molecule has 0 saturated heterocycles. The molecule has 0 aliphatic rings. The van der Waals surface area contributed by atoms with Crippen LogP contribution in [0.1, 0.15) is 0 Å². The van der Waals surface area contributed by atoms with Crippen LogP contribution in [0.5, 0.6) is 0 Å². The highest BCUT2D eigenvalue weighted by atomic mass is 35.5. The van der Waals surface area contributed by atoms with Crippen molar-refractivity contribution in [2.75, 3.05) is 0 Å². The quantitative estimate of drug-likeness (QED) is 0.454. The first-order chi connectivity index (χ1) is 13.3. The summed E-state index contributed by atoms with van der Waals surface area (Å²) in [6.07, 6.45) is 8.50. The van der Waals surface area contributed by atoms with Crippen LogP contribution in [-0.4, -0.2) is 24.7 Å². The molecule has 130 valence electrons. The highest BCUT2D eigenvalue weighted by Crippen LogP contribution is 2.37. The van der Waals surface area contributed by atoms with Gasteiger partial charge >= 0.3 is 0 Å². The summed E-state index contributed by atoms with van der Waals surface area (Å²) < 4.78 is 7.56. The molecular weight excluding hydrogens is 362 g/mol. The van der Waals surface area contributed by atoms with Crippen molar-refractivity contribution in [1.29, 1.82) is 0 Å². The van der Waals surface area contributed by atoms with Gasteiger partial charge in [0.05, 0.1) is 10.4 Å². The topological polar surface area (TPSA) is 69.6 Å². The van der Waals surface area contributed by atoms with Crippen LogP contribution in [0.25, 0.3) is 39.2 Å². The Bertz CT molecular complexity index is 1250. The molecule has 0 aliphatic carbocycles. The van der Waals surface area contributed by atoms with E-state index in [0.717, 1.165) is 22.1 Å². The van der Waals surface area contributed by atoms with Crippen molar-refractivity contribution in [2.24, 2.45) is 0 Å². The fraction of sp³-hybridized carbons (Fsp3) is 0. The van der Waals surface area contributed by atoms with Crippen molar-refractivity contribution in [3.05, 3.63) is 78.7 Å². The van der Waals surface area contributed by atoms with E-state index in [2.05, 4.69) is 20.1 Å². The number of fused-ring (bicyclic) bond motifs is 1. The predicted octanol–water partition coefficient (Wildman–Crippen LogP) is 4.79. The summed E-state index contributed by atoms with van der Waals surface area (Å²) in [6, 6.07) is 13.5. The van der Waals surface area contributed by atoms with E-state index in [1.165, 1.54) is 6.33 Å². The van der Waals surface area contributed by atoms with Crippen LogP contribution < -0.4 is 0 Å². The third-order valence-corrected chi connectivity index (χ3v) is 4.69. The third-order valence-electron chi connectivity index (χ3n) is 4.36. The van der Waals surface area contributed by atoms with Crippen LogP contribution in [0.4, 0.5) is 0 Å². The molecule has 0 aliphatic heterocycles. The Morgan fingerprint density at radius 2 is 1.81 bits per heavy atom. The van der Waals surface area contributed by atoms with Gasteiger partial charge in [-0.3, -0.25) is 4.57 Å². The standard InChI is InChI=1S/C20H12ClN5O/c21-17-7-2-1-4-14(17)18-15-6-3-5-13(19(15)27-25-18)16-10-23-11-24-20(16)26-9-8-22-12-26/h1-12H. The van der Waals surface area contributed by atoms with Gasteiger partial charge in [-0.15, -0.1) is 0 Å². The lowest BCUT2D eigenvalue weighted by molar-refractivity contribution is 0.460. The lowest BCUT2D eigenvalue weighted by Gasteiger charge is -2.08. The molecule has 3 heterocycles. The zero-order valence-electron chi connectivity index (χ0n) is 14.0. The van der Waals surface area contributed by atoms with Gasteiger partial charge in [0, 0.05) is 35.3 Å². The summed E-state index contributed by atoms with van der Waals surface area (Å²) in [5.74, 6) is 0.714. The third kappa shape index (κ3) is 2.58. The van der Waals surface area contributed by atoms with Gasteiger partial charge in [-0.2, -0.15) is 0 Å². The summed E-state index contributed by atoms with van der Waals surface area (Å²) in [6.45, 7) is 0. The van der Waals surface area contributed by atoms with Crippen LogP contribution in [0.3, 0.4) is 0 Å². The Labute approximate surface area is 159 Å². The Hall–Kier alpha value is -3.51. The summed E-state index contributed by atoms with van der Waals surface area (Å²) in [7, 11) is 0. The summed E-state index contributed by atoms with van der Waals surface area (Å²) in [4.78, 5) is 12.7. The molecule has 7 heteroatoms. The van der Waals surface area contributed by atoms with E-state index in [9.17, 15) is 0 Å². The fourth-order valence-corrected chi connectivity index (χ4v) is 3.35. The maximum atomic E-state index is 6.35. The van der Waals surface area contributed by atoms with Crippen molar-refractivity contribution < 1.29 is 4.52 Å². The van der Waals surface area contributed by atoms with Crippen molar-refractivity contribution in [3.8, 4) is 28.2 Å². The highest BCUT2D eigenvalue weighted by Gasteiger charge is 2.18. The average molecular weight is 374 g/mol. The number of para-hydroxylation sites is 1. The molecule has 0 amide bonds. The largest absolute Gasteiger partial charge is 0.355 e. The van der Waals surface area contributed by atoms with E-state index in [-0.39, 0.29) is 0 Å². The number of halogens is 1. The van der Waals surface area contributed by atoms with Gasteiger partial charge in [0.15, 0.2) is 5.58 Å². The van der Waals surface area contributed by atoms with Crippen molar-refractivity contribution in [1.82, 2.24) is 24.7 Å². The Kier molecular flexibility index (Phi) is 3.69. The molecular formula is C20H12ClN5O. The fourth-order valence-electron chi connectivity index (χ4n) is 3.13. The first kappa shape index (κ1) is 15.7. The normalized spacial score (nSPS) is 11.1. The molecule has 0 bridgehead atoms. The molecule has 0 unspecified atom stereocenters. The number of aromatic nitrogens is 5. The van der Waals surface area contributed by atoms with Gasteiger partial charge in [-0.05, 0) is 12.1 Å². The minimum absolute atomic E-state index is 0.625. The number of hydrogen-bond donors (Lipinski definition) is 0. The number of hydrogen-bond acceptors (Lipinski definition) is 5. The maximum Gasteiger partial charge on any atom is 0.175 e. The van der Waals surface area contributed by atoms with Gasteiger partial charge in [-0.25, -0.2) is 15.0 Å². The van der Waals surface area contributed by atoms with Crippen molar-refractivity contribution in [3.63, 3.8) is 0 Å². The van der Waals surface area contributed by atoms with Crippen LogP contribution in [0, 0.1) is 0 Å². The summed E-state index contributed by atoms with van der Waals surface area (Å²) >= 11 is 6.35. The molecule has 2 aromatic carbocycles. The van der Waals surface area contributed by atoms with E-state index in [0.29, 0.717) is 22.1 Å². The van der Waals surface area contributed by atoms with Crippen molar-refractivity contribution in [2.45, 2.75) is 0 Å². The molecule has 0 N–H and O–H groups in total. The van der Waals surface area contributed by atoms with E-state index in [4.69, 9.17) is 16.1 Å². The highest BCUT2D eigenvalue weighted by molar-refractivity contribution is 6.33. The Balaban J connectivity index is 1.75. The maximum absolute atomic E-state index is 6.35. The van der Waals surface area contributed by atoms with E-state index >= 15 is 0 Å². The van der Waals surface area contributed by atoms with Gasteiger partial charge in [0.25, 0.3) is 0 Å². The molecule has 0 atom stereocenters. The molecule has 0 spiro atoms. The van der Waals surface area contributed by atoms with Crippen molar-refractivity contribution >= 4 is 22.6 Å². The minimum Gasteiger partial charge on any atom is -0.355 e. The van der Waals surface area contributed by atoms with E-state index in [1.54, 1.807) is 18.7 Å². The molecule has 0 fully saturated rings. The zero-order valence-corrected chi connectivity index (χ0v) is 14.7. The molecule has 27 heavy (non-hydrogen) atoms. The second-order valence-electron chi connectivity index (χ2n) is 5.92. The molecule has 0 saturated carbocycles. The summed E-state index contributed by atoms with van der Waals surface area (Å²) in [5.41, 5.74) is 3.86. The second-order valence-corrected chi connectivity index (χ2v) is 6.33. The van der Waals surface area contributed by atoms with E-state index < -0.39 is 0 Å². The molecule has 5 rings (SSSR count). The van der Waals surface area contributed by atoms with Gasteiger partial charge in [0.1, 0.15) is 24.2 Å². The molecule has 5 aromatic rings. The monoisotopic (exact) mass is 373 g/mol. The first-order valence-electron chi connectivity index (χ1n) is 8.25. The average Bonchev–Trinajstić information content (AvgIpc) is 3.38. The smallest absolute Gasteiger partial charge is 0.175 e.